The van der Waals surface area contributed by atoms with Crippen LogP contribution in [0, 0.1) is 12.7 Å². The van der Waals surface area contributed by atoms with E-state index < -0.39 is 16.1 Å². The summed E-state index contributed by atoms with van der Waals surface area (Å²) in [6.45, 7) is 4.22. The minimum absolute atomic E-state index is 0.105. The Bertz CT molecular complexity index is 1350. The highest BCUT2D eigenvalue weighted by molar-refractivity contribution is 7.88. The van der Waals surface area contributed by atoms with Crippen LogP contribution >= 0.6 is 0 Å². The summed E-state index contributed by atoms with van der Waals surface area (Å²) in [5.74, 6) is 0.00495. The number of aryl methyl sites for hydroxylation is 2. The fourth-order valence-corrected chi connectivity index (χ4v) is 5.65. The van der Waals surface area contributed by atoms with Crippen LogP contribution in [0.5, 0.6) is 0 Å². The normalized spacial score (nSPS) is 18.2. The average molecular weight is 470 g/mol. The molecule has 0 fully saturated rings. The number of hydrogen-bond acceptors (Lipinski definition) is 4. The predicted molar refractivity (Wildman–Crippen MR) is 127 cm³/mol. The van der Waals surface area contributed by atoms with Gasteiger partial charge in [-0.05, 0) is 61.9 Å². The summed E-state index contributed by atoms with van der Waals surface area (Å²) in [5, 5.41) is 0. The van der Waals surface area contributed by atoms with Gasteiger partial charge < -0.3 is 0 Å². The van der Waals surface area contributed by atoms with Gasteiger partial charge in [0.1, 0.15) is 11.6 Å². The summed E-state index contributed by atoms with van der Waals surface area (Å²) in [6, 6.07) is 13.7. The number of fused-ring (bicyclic) bond motifs is 1. The third-order valence-electron chi connectivity index (χ3n) is 6.24. The lowest BCUT2D eigenvalue weighted by molar-refractivity contribution is 0.415. The Hall–Kier alpha value is -2.84. The van der Waals surface area contributed by atoms with Crippen LogP contribution < -0.4 is 10.3 Å². The molecule has 0 saturated heterocycles. The van der Waals surface area contributed by atoms with Crippen molar-refractivity contribution in [2.75, 3.05) is 6.26 Å². The number of rotatable bonds is 6. The van der Waals surface area contributed by atoms with Gasteiger partial charge in [0.2, 0.25) is 10.0 Å². The zero-order valence-corrected chi connectivity index (χ0v) is 19.8. The van der Waals surface area contributed by atoms with E-state index in [0.717, 1.165) is 28.6 Å². The molecule has 2 unspecified atom stereocenters. The predicted octanol–water partition coefficient (Wildman–Crippen LogP) is 3.57. The van der Waals surface area contributed by atoms with Crippen LogP contribution in [-0.2, 0) is 29.4 Å². The molecule has 2 aromatic carbocycles. The lowest BCUT2D eigenvalue weighted by atomic mass is 9.78. The van der Waals surface area contributed by atoms with E-state index in [2.05, 4.69) is 9.71 Å². The van der Waals surface area contributed by atoms with E-state index >= 15 is 0 Å². The van der Waals surface area contributed by atoms with E-state index in [-0.39, 0.29) is 17.3 Å². The van der Waals surface area contributed by atoms with Crippen molar-refractivity contribution in [3.05, 3.63) is 87.3 Å². The molecule has 0 spiro atoms. The Morgan fingerprint density at radius 2 is 1.85 bits per heavy atom. The topological polar surface area (TPSA) is 81.1 Å². The number of nitrogens with one attached hydrogen (secondary N) is 1. The molecule has 3 aromatic rings. The molecule has 0 radical (unpaired) electrons. The van der Waals surface area contributed by atoms with Crippen LogP contribution in [0.25, 0.3) is 11.1 Å². The molecule has 1 heterocycles. The second-order valence-corrected chi connectivity index (χ2v) is 10.4. The van der Waals surface area contributed by atoms with Crippen molar-refractivity contribution in [1.82, 2.24) is 14.3 Å². The molecule has 0 aliphatic heterocycles. The van der Waals surface area contributed by atoms with E-state index in [1.165, 1.54) is 12.1 Å². The minimum atomic E-state index is -3.47. The van der Waals surface area contributed by atoms with Crippen molar-refractivity contribution in [3.8, 4) is 11.1 Å². The molecule has 0 bridgehead atoms. The number of benzene rings is 2. The van der Waals surface area contributed by atoms with Gasteiger partial charge in [-0.1, -0.05) is 36.4 Å². The van der Waals surface area contributed by atoms with Crippen molar-refractivity contribution >= 4 is 10.0 Å². The molecule has 174 valence electrons. The maximum Gasteiger partial charge on any atom is 0.257 e. The zero-order chi connectivity index (χ0) is 23.8. The van der Waals surface area contributed by atoms with E-state index in [1.807, 2.05) is 44.2 Å². The lowest BCUT2D eigenvalue weighted by Crippen LogP contribution is -2.46. The largest absolute Gasteiger partial charge is 0.297 e. The molecule has 0 amide bonds. The average Bonchev–Trinajstić information content (AvgIpc) is 2.75. The van der Waals surface area contributed by atoms with Gasteiger partial charge in [-0.15, -0.1) is 0 Å². The van der Waals surface area contributed by atoms with E-state index in [4.69, 9.17) is 0 Å². The molecular weight excluding hydrogens is 441 g/mol. The highest BCUT2D eigenvalue weighted by Crippen LogP contribution is 2.33. The van der Waals surface area contributed by atoms with Crippen molar-refractivity contribution in [2.24, 2.45) is 0 Å². The molecule has 1 aromatic heterocycles. The Labute approximate surface area is 193 Å². The smallest absolute Gasteiger partial charge is 0.257 e. The zero-order valence-electron chi connectivity index (χ0n) is 19.0. The monoisotopic (exact) mass is 469 g/mol. The van der Waals surface area contributed by atoms with Gasteiger partial charge in [0, 0.05) is 24.1 Å². The van der Waals surface area contributed by atoms with E-state index in [1.54, 1.807) is 10.6 Å². The summed E-state index contributed by atoms with van der Waals surface area (Å²) in [4.78, 5) is 18.1. The van der Waals surface area contributed by atoms with Gasteiger partial charge >= 0.3 is 0 Å². The first-order chi connectivity index (χ1) is 15.7. The Morgan fingerprint density at radius 3 is 2.52 bits per heavy atom. The molecule has 4 rings (SSSR count). The third kappa shape index (κ3) is 5.07. The summed E-state index contributed by atoms with van der Waals surface area (Å²) < 4.78 is 42.3. The van der Waals surface area contributed by atoms with Crippen molar-refractivity contribution in [1.29, 1.82) is 0 Å². The lowest BCUT2D eigenvalue weighted by Gasteiger charge is -2.33. The second-order valence-electron chi connectivity index (χ2n) is 8.63. The number of halogens is 1. The van der Waals surface area contributed by atoms with Crippen LogP contribution in [0.2, 0.25) is 0 Å². The molecule has 0 saturated carbocycles. The van der Waals surface area contributed by atoms with Gasteiger partial charge in [-0.2, -0.15) is 0 Å². The van der Waals surface area contributed by atoms with Crippen LogP contribution in [0.1, 0.15) is 41.9 Å². The first-order valence-electron chi connectivity index (χ1n) is 11.1. The van der Waals surface area contributed by atoms with Gasteiger partial charge in [0.05, 0.1) is 11.9 Å². The van der Waals surface area contributed by atoms with Gasteiger partial charge in [-0.3, -0.25) is 9.36 Å². The highest BCUT2D eigenvalue weighted by Gasteiger charge is 2.35. The Kier molecular flexibility index (Phi) is 6.50. The number of nitrogens with zero attached hydrogens (tertiary/aromatic N) is 2. The highest BCUT2D eigenvalue weighted by atomic mass is 32.2. The second kappa shape index (κ2) is 9.19. The first-order valence-corrected chi connectivity index (χ1v) is 13.0. The summed E-state index contributed by atoms with van der Waals surface area (Å²) in [7, 11) is -3.47. The summed E-state index contributed by atoms with van der Waals surface area (Å²) in [5.41, 5.74) is 3.80. The van der Waals surface area contributed by atoms with Crippen LogP contribution in [0.4, 0.5) is 4.39 Å². The van der Waals surface area contributed by atoms with Gasteiger partial charge in [-0.25, -0.2) is 22.5 Å². The molecule has 1 aliphatic carbocycles. The van der Waals surface area contributed by atoms with E-state index in [0.29, 0.717) is 37.2 Å². The van der Waals surface area contributed by atoms with Gasteiger partial charge in [0.25, 0.3) is 5.56 Å². The van der Waals surface area contributed by atoms with E-state index in [9.17, 15) is 17.6 Å². The SMILES string of the molecule is CCn1c(C)nc2c(c1=O)C(Cc1cccc(-c3cccc(F)c3)c1)C(NS(C)(=O)=O)CC2. The number of sulfonamides is 1. The van der Waals surface area contributed by atoms with Crippen LogP contribution in [0.3, 0.4) is 0 Å². The first kappa shape index (κ1) is 23.3. The van der Waals surface area contributed by atoms with Crippen LogP contribution in [-0.4, -0.2) is 30.3 Å². The summed E-state index contributed by atoms with van der Waals surface area (Å²) in [6.07, 6.45) is 2.72. The van der Waals surface area contributed by atoms with Crippen molar-refractivity contribution in [3.63, 3.8) is 0 Å². The fourth-order valence-electron chi connectivity index (χ4n) is 4.82. The molecule has 2 atom stereocenters. The Morgan fingerprint density at radius 1 is 1.15 bits per heavy atom. The van der Waals surface area contributed by atoms with Crippen LogP contribution in [0.15, 0.2) is 53.3 Å². The number of aromatic nitrogens is 2. The molecule has 8 heteroatoms. The standard InChI is InChI=1S/C25H28FN3O3S/c1-4-29-16(2)27-23-12-11-22(28-33(3,31)32)21(24(23)25(29)30)14-17-7-5-8-18(13-17)19-9-6-10-20(26)15-19/h5-10,13,15,21-22,28H,4,11-12,14H2,1-3H3. The maximum atomic E-state index is 13.7. The third-order valence-corrected chi connectivity index (χ3v) is 6.98. The molecule has 6 nitrogen and oxygen atoms in total. The molecule has 1 N–H and O–H groups in total. The molecular formula is C25H28FN3O3S. The number of hydrogen-bond donors (Lipinski definition) is 1. The molecule has 1 aliphatic rings. The summed E-state index contributed by atoms with van der Waals surface area (Å²) >= 11 is 0. The molecule has 33 heavy (non-hydrogen) atoms. The maximum absolute atomic E-state index is 13.7. The van der Waals surface area contributed by atoms with Crippen molar-refractivity contribution in [2.45, 2.75) is 51.6 Å². The van der Waals surface area contributed by atoms with Crippen molar-refractivity contribution < 1.29 is 12.8 Å². The quantitative estimate of drug-likeness (QED) is 0.599. The Balaban J connectivity index is 1.78. The fraction of sp³-hybridized carbons (Fsp3) is 0.360. The minimum Gasteiger partial charge on any atom is -0.297 e. The van der Waals surface area contributed by atoms with Gasteiger partial charge in [0.15, 0.2) is 0 Å².